The Kier molecular flexibility index (Phi) is 1.69. The van der Waals surface area contributed by atoms with Gasteiger partial charge in [0.15, 0.2) is 0 Å². The summed E-state index contributed by atoms with van der Waals surface area (Å²) in [6, 6.07) is 1.93. The van der Waals surface area contributed by atoms with E-state index in [1.54, 1.807) is 6.20 Å². The molecule has 2 rings (SSSR count). The van der Waals surface area contributed by atoms with Gasteiger partial charge in [0.25, 0.3) is 0 Å². The predicted molar refractivity (Wildman–Crippen MR) is 49.3 cm³/mol. The highest BCUT2D eigenvalue weighted by Crippen LogP contribution is 2.23. The second-order valence-corrected chi connectivity index (χ2v) is 3.67. The summed E-state index contributed by atoms with van der Waals surface area (Å²) in [6.45, 7) is 0. The molecule has 0 saturated carbocycles. The number of H-pyrrole nitrogens is 1. The summed E-state index contributed by atoms with van der Waals surface area (Å²) >= 11 is 6.65. The van der Waals surface area contributed by atoms with E-state index in [0.29, 0.717) is 0 Å². The largest absolute Gasteiger partial charge is 0.276 e. The Morgan fingerprint density at radius 1 is 1.36 bits per heavy atom. The Labute approximate surface area is 79.5 Å². The molecule has 3 nitrogen and oxygen atoms in total. The third kappa shape index (κ3) is 1.18. The first-order chi connectivity index (χ1) is 5.27. The van der Waals surface area contributed by atoms with Crippen LogP contribution in [0.1, 0.15) is 0 Å². The highest BCUT2D eigenvalue weighted by atomic mass is 79.9. The van der Waals surface area contributed by atoms with E-state index in [4.69, 9.17) is 0 Å². The van der Waals surface area contributed by atoms with E-state index in [1.807, 2.05) is 6.07 Å². The maximum Gasteiger partial charge on any atom is 0.121 e. The smallest absolute Gasteiger partial charge is 0.121 e. The predicted octanol–water partition coefficient (Wildman–Crippen LogP) is 2.48. The van der Waals surface area contributed by atoms with Gasteiger partial charge < -0.3 is 0 Å². The van der Waals surface area contributed by atoms with Crippen LogP contribution in [0.2, 0.25) is 0 Å². The van der Waals surface area contributed by atoms with Crippen molar-refractivity contribution in [2.24, 2.45) is 0 Å². The summed E-state index contributed by atoms with van der Waals surface area (Å²) in [4.78, 5) is 4.21. The maximum absolute atomic E-state index is 4.21. The molecule has 0 aromatic carbocycles. The first-order valence-corrected chi connectivity index (χ1v) is 4.51. The second kappa shape index (κ2) is 2.57. The third-order valence-corrected chi connectivity index (χ3v) is 3.08. The molecule has 2 heterocycles. The lowest BCUT2D eigenvalue weighted by atomic mass is 10.4. The summed E-state index contributed by atoms with van der Waals surface area (Å²) in [5, 5.41) is 6.68. The van der Waals surface area contributed by atoms with Crippen LogP contribution in [0.5, 0.6) is 0 Å². The van der Waals surface area contributed by atoms with Crippen LogP contribution in [0.15, 0.2) is 21.3 Å². The fraction of sp³-hybridized carbons (Fsp3) is 0. The van der Waals surface area contributed by atoms with Gasteiger partial charge >= 0.3 is 0 Å². The van der Waals surface area contributed by atoms with Crippen molar-refractivity contribution in [3.63, 3.8) is 0 Å². The maximum atomic E-state index is 4.21. The summed E-state index contributed by atoms with van der Waals surface area (Å²) < 4.78 is 1.72. The molecule has 0 aliphatic rings. The summed E-state index contributed by atoms with van der Waals surface area (Å²) in [6.07, 6.45) is 1.69. The van der Waals surface area contributed by atoms with Crippen molar-refractivity contribution in [2.75, 3.05) is 0 Å². The minimum Gasteiger partial charge on any atom is -0.276 e. The number of halogens is 2. The lowest BCUT2D eigenvalue weighted by Gasteiger charge is -1.93. The fourth-order valence-electron chi connectivity index (χ4n) is 0.831. The van der Waals surface area contributed by atoms with Crippen molar-refractivity contribution in [2.45, 2.75) is 0 Å². The molecule has 0 aliphatic carbocycles. The Morgan fingerprint density at radius 2 is 2.18 bits per heavy atom. The number of hydrogen-bond acceptors (Lipinski definition) is 2. The molecule has 1 N–H and O–H groups in total. The van der Waals surface area contributed by atoms with E-state index in [1.165, 1.54) is 0 Å². The van der Waals surface area contributed by atoms with Crippen LogP contribution < -0.4 is 0 Å². The molecule has 0 radical (unpaired) electrons. The molecule has 0 spiro atoms. The Hall–Kier alpha value is -0.420. The van der Waals surface area contributed by atoms with Crippen LogP contribution >= 0.6 is 31.9 Å². The zero-order valence-corrected chi connectivity index (χ0v) is 8.48. The SMILES string of the molecule is Brc1cc2[nH]ncc2nc1Br. The number of fused-ring (bicyclic) bond motifs is 1. The molecule has 0 bridgehead atoms. The average Bonchev–Trinajstić information content (AvgIpc) is 2.36. The molecule has 0 saturated heterocycles. The van der Waals surface area contributed by atoms with Gasteiger partial charge in [-0.2, -0.15) is 5.10 Å². The van der Waals surface area contributed by atoms with Crippen LogP contribution in [0.25, 0.3) is 11.0 Å². The fourth-order valence-corrected chi connectivity index (χ4v) is 1.45. The van der Waals surface area contributed by atoms with Gasteiger partial charge in [-0.25, -0.2) is 4.98 Å². The standard InChI is InChI=1S/C6H3Br2N3/c7-3-1-4-5(2-9-11-4)10-6(3)8/h1-2H,(H,9,11). The van der Waals surface area contributed by atoms with Crippen LogP contribution in [0.3, 0.4) is 0 Å². The van der Waals surface area contributed by atoms with Gasteiger partial charge in [0.1, 0.15) is 10.1 Å². The minimum atomic E-state index is 0.798. The van der Waals surface area contributed by atoms with Gasteiger partial charge in [-0.3, -0.25) is 5.10 Å². The monoisotopic (exact) mass is 275 g/mol. The van der Waals surface area contributed by atoms with Gasteiger partial charge in [-0.05, 0) is 37.9 Å². The van der Waals surface area contributed by atoms with Crippen LogP contribution in [0, 0.1) is 0 Å². The van der Waals surface area contributed by atoms with E-state index in [9.17, 15) is 0 Å². The zero-order valence-electron chi connectivity index (χ0n) is 5.31. The third-order valence-electron chi connectivity index (χ3n) is 1.33. The van der Waals surface area contributed by atoms with Crippen LogP contribution in [-0.2, 0) is 0 Å². The normalized spacial score (nSPS) is 10.7. The molecular formula is C6H3Br2N3. The quantitative estimate of drug-likeness (QED) is 0.751. The van der Waals surface area contributed by atoms with Gasteiger partial charge in [-0.15, -0.1) is 0 Å². The molecular weight excluding hydrogens is 274 g/mol. The number of hydrogen-bond donors (Lipinski definition) is 1. The highest BCUT2D eigenvalue weighted by Gasteiger charge is 2.01. The van der Waals surface area contributed by atoms with Crippen molar-refractivity contribution in [1.29, 1.82) is 0 Å². The molecule has 2 aromatic heterocycles. The van der Waals surface area contributed by atoms with Gasteiger partial charge in [-0.1, -0.05) is 0 Å². The molecule has 0 aliphatic heterocycles. The van der Waals surface area contributed by atoms with Crippen molar-refractivity contribution < 1.29 is 0 Å². The highest BCUT2D eigenvalue weighted by molar-refractivity contribution is 9.13. The molecule has 5 heteroatoms. The number of nitrogens with zero attached hydrogens (tertiary/aromatic N) is 2. The Balaban J connectivity index is 2.86. The Bertz CT molecular complexity index is 360. The Morgan fingerprint density at radius 3 is 3.00 bits per heavy atom. The number of nitrogens with one attached hydrogen (secondary N) is 1. The van der Waals surface area contributed by atoms with Crippen LogP contribution in [-0.4, -0.2) is 15.2 Å². The average molecular weight is 277 g/mol. The van der Waals surface area contributed by atoms with Crippen molar-refractivity contribution in [3.05, 3.63) is 21.3 Å². The molecule has 0 amide bonds. The molecule has 11 heavy (non-hydrogen) atoms. The van der Waals surface area contributed by atoms with Gasteiger partial charge in [0, 0.05) is 0 Å². The van der Waals surface area contributed by atoms with Gasteiger partial charge in [0.05, 0.1) is 16.2 Å². The zero-order chi connectivity index (χ0) is 7.84. The van der Waals surface area contributed by atoms with Crippen LogP contribution in [0.4, 0.5) is 0 Å². The lowest BCUT2D eigenvalue weighted by molar-refractivity contribution is 1.12. The van der Waals surface area contributed by atoms with E-state index >= 15 is 0 Å². The lowest BCUT2D eigenvalue weighted by Crippen LogP contribution is -1.77. The van der Waals surface area contributed by atoms with E-state index in [-0.39, 0.29) is 0 Å². The van der Waals surface area contributed by atoms with E-state index in [2.05, 4.69) is 47.0 Å². The molecule has 0 unspecified atom stereocenters. The number of rotatable bonds is 0. The molecule has 2 aromatic rings. The van der Waals surface area contributed by atoms with Crippen molar-refractivity contribution in [3.8, 4) is 0 Å². The van der Waals surface area contributed by atoms with E-state index < -0.39 is 0 Å². The molecule has 0 atom stereocenters. The summed E-state index contributed by atoms with van der Waals surface area (Å²) in [7, 11) is 0. The van der Waals surface area contributed by atoms with E-state index in [0.717, 1.165) is 20.1 Å². The minimum absolute atomic E-state index is 0.798. The number of aromatic amines is 1. The summed E-state index contributed by atoms with van der Waals surface area (Å²) in [5.74, 6) is 0. The van der Waals surface area contributed by atoms with Crippen molar-refractivity contribution in [1.82, 2.24) is 15.2 Å². The molecule has 0 fully saturated rings. The first-order valence-electron chi connectivity index (χ1n) is 2.92. The number of pyridine rings is 1. The number of aromatic nitrogens is 3. The first kappa shape index (κ1) is 7.24. The van der Waals surface area contributed by atoms with Gasteiger partial charge in [0.2, 0.25) is 0 Å². The molecule has 56 valence electrons. The van der Waals surface area contributed by atoms with Crippen molar-refractivity contribution >= 4 is 42.9 Å². The topological polar surface area (TPSA) is 41.6 Å². The summed E-state index contributed by atoms with van der Waals surface area (Å²) in [5.41, 5.74) is 1.79. The second-order valence-electron chi connectivity index (χ2n) is 2.06.